The van der Waals surface area contributed by atoms with Gasteiger partial charge in [-0.2, -0.15) is 5.10 Å². The smallest absolute Gasteiger partial charge is 0.336 e. The van der Waals surface area contributed by atoms with Crippen molar-refractivity contribution in [3.8, 4) is 11.1 Å². The number of halogens is 1. The fourth-order valence-corrected chi connectivity index (χ4v) is 2.44. The van der Waals surface area contributed by atoms with Crippen molar-refractivity contribution >= 4 is 21.9 Å². The SMILES string of the molecule is Cc1nn(C)c(C)c1-c1ccc(Br)cc1C(=O)O. The van der Waals surface area contributed by atoms with Gasteiger partial charge in [-0.1, -0.05) is 22.0 Å². The molecule has 1 aromatic heterocycles. The Labute approximate surface area is 113 Å². The summed E-state index contributed by atoms with van der Waals surface area (Å²) in [5.74, 6) is -0.936. The average molecular weight is 309 g/mol. The summed E-state index contributed by atoms with van der Waals surface area (Å²) >= 11 is 3.30. The first-order chi connectivity index (χ1) is 8.41. The highest BCUT2D eigenvalue weighted by atomic mass is 79.9. The highest BCUT2D eigenvalue weighted by Gasteiger charge is 2.18. The van der Waals surface area contributed by atoms with E-state index in [1.807, 2.05) is 33.0 Å². The Bertz CT molecular complexity index is 632. The summed E-state index contributed by atoms with van der Waals surface area (Å²) in [7, 11) is 1.85. The molecule has 1 heterocycles. The Balaban J connectivity index is 2.75. The zero-order valence-electron chi connectivity index (χ0n) is 10.4. The molecular weight excluding hydrogens is 296 g/mol. The molecule has 94 valence electrons. The molecule has 0 aliphatic carbocycles. The van der Waals surface area contributed by atoms with Crippen LogP contribution in [-0.4, -0.2) is 20.9 Å². The molecule has 0 saturated carbocycles. The van der Waals surface area contributed by atoms with Crippen molar-refractivity contribution < 1.29 is 9.90 Å². The van der Waals surface area contributed by atoms with E-state index in [9.17, 15) is 9.90 Å². The summed E-state index contributed by atoms with van der Waals surface area (Å²) in [5, 5.41) is 13.6. The largest absolute Gasteiger partial charge is 0.478 e. The van der Waals surface area contributed by atoms with Gasteiger partial charge in [-0.25, -0.2) is 4.79 Å². The molecule has 0 spiro atoms. The molecule has 0 atom stereocenters. The van der Waals surface area contributed by atoms with Crippen molar-refractivity contribution in [1.82, 2.24) is 9.78 Å². The van der Waals surface area contributed by atoms with E-state index >= 15 is 0 Å². The molecule has 4 nitrogen and oxygen atoms in total. The first-order valence-electron chi connectivity index (χ1n) is 5.45. The number of aryl methyl sites for hydroxylation is 2. The van der Waals surface area contributed by atoms with Crippen LogP contribution < -0.4 is 0 Å². The summed E-state index contributed by atoms with van der Waals surface area (Å²) in [4.78, 5) is 11.3. The van der Waals surface area contributed by atoms with Gasteiger partial charge in [-0.05, 0) is 31.5 Å². The molecule has 1 aromatic carbocycles. The zero-order chi connectivity index (χ0) is 13.4. The van der Waals surface area contributed by atoms with E-state index in [2.05, 4.69) is 21.0 Å². The van der Waals surface area contributed by atoms with Crippen molar-refractivity contribution in [2.75, 3.05) is 0 Å². The number of hydrogen-bond acceptors (Lipinski definition) is 2. The summed E-state index contributed by atoms with van der Waals surface area (Å²) in [6.45, 7) is 3.82. The van der Waals surface area contributed by atoms with Gasteiger partial charge >= 0.3 is 5.97 Å². The third kappa shape index (κ3) is 2.06. The molecule has 5 heteroatoms. The summed E-state index contributed by atoms with van der Waals surface area (Å²) < 4.78 is 2.51. The average Bonchev–Trinajstić information content (AvgIpc) is 2.54. The maximum Gasteiger partial charge on any atom is 0.336 e. The highest BCUT2D eigenvalue weighted by molar-refractivity contribution is 9.10. The van der Waals surface area contributed by atoms with Gasteiger partial charge in [0.1, 0.15) is 0 Å². The first-order valence-corrected chi connectivity index (χ1v) is 6.24. The van der Waals surface area contributed by atoms with Crippen LogP contribution in [0.5, 0.6) is 0 Å². The van der Waals surface area contributed by atoms with Crippen LogP contribution in [0.25, 0.3) is 11.1 Å². The quantitative estimate of drug-likeness (QED) is 0.927. The van der Waals surface area contributed by atoms with Gasteiger partial charge in [0.05, 0.1) is 11.3 Å². The lowest BCUT2D eigenvalue weighted by atomic mass is 9.98. The molecule has 0 unspecified atom stereocenters. The van der Waals surface area contributed by atoms with E-state index in [1.54, 1.807) is 10.7 Å². The Morgan fingerprint density at radius 2 is 2.06 bits per heavy atom. The van der Waals surface area contributed by atoms with Crippen molar-refractivity contribution in [3.63, 3.8) is 0 Å². The molecule has 2 aromatic rings. The van der Waals surface area contributed by atoms with E-state index in [4.69, 9.17) is 0 Å². The number of carboxylic acids is 1. The van der Waals surface area contributed by atoms with Crippen LogP contribution in [0.3, 0.4) is 0 Å². The fourth-order valence-electron chi connectivity index (χ4n) is 2.07. The van der Waals surface area contributed by atoms with Crippen LogP contribution >= 0.6 is 15.9 Å². The third-order valence-electron chi connectivity index (χ3n) is 2.99. The van der Waals surface area contributed by atoms with Crippen LogP contribution in [0.15, 0.2) is 22.7 Å². The Morgan fingerprint density at radius 1 is 1.39 bits per heavy atom. The van der Waals surface area contributed by atoms with Crippen LogP contribution in [-0.2, 0) is 7.05 Å². The molecule has 18 heavy (non-hydrogen) atoms. The second-order valence-electron chi connectivity index (χ2n) is 4.16. The molecule has 2 rings (SSSR count). The van der Waals surface area contributed by atoms with Gasteiger partial charge in [-0.3, -0.25) is 4.68 Å². The Hall–Kier alpha value is -1.62. The molecule has 0 aliphatic heterocycles. The predicted molar refractivity (Wildman–Crippen MR) is 72.8 cm³/mol. The molecule has 1 N–H and O–H groups in total. The van der Waals surface area contributed by atoms with E-state index < -0.39 is 5.97 Å². The molecule has 0 aliphatic rings. The maximum absolute atomic E-state index is 11.3. The normalized spacial score (nSPS) is 10.7. The lowest BCUT2D eigenvalue weighted by Gasteiger charge is -2.07. The Kier molecular flexibility index (Phi) is 3.26. The standard InChI is InChI=1S/C13H13BrN2O2/c1-7-12(8(2)16(3)15-7)10-5-4-9(14)6-11(10)13(17)18/h4-6H,1-3H3,(H,17,18). The molecule has 0 fully saturated rings. The monoisotopic (exact) mass is 308 g/mol. The van der Waals surface area contributed by atoms with Gasteiger partial charge in [0.25, 0.3) is 0 Å². The van der Waals surface area contributed by atoms with Gasteiger partial charge in [0, 0.05) is 22.8 Å². The first kappa shape index (κ1) is 12.8. The lowest BCUT2D eigenvalue weighted by molar-refractivity contribution is 0.0697. The van der Waals surface area contributed by atoms with Crippen LogP contribution in [0, 0.1) is 13.8 Å². The third-order valence-corrected chi connectivity index (χ3v) is 3.48. The number of hydrogen-bond donors (Lipinski definition) is 1. The van der Waals surface area contributed by atoms with E-state index in [0.29, 0.717) is 5.56 Å². The van der Waals surface area contributed by atoms with Gasteiger partial charge in [-0.15, -0.1) is 0 Å². The van der Waals surface area contributed by atoms with Gasteiger partial charge in [0.15, 0.2) is 0 Å². The minimum Gasteiger partial charge on any atom is -0.478 e. The van der Waals surface area contributed by atoms with Crippen LogP contribution in [0.1, 0.15) is 21.7 Å². The molecule has 0 bridgehead atoms. The predicted octanol–water partition coefficient (Wildman–Crippen LogP) is 3.16. The zero-order valence-corrected chi connectivity index (χ0v) is 11.9. The highest BCUT2D eigenvalue weighted by Crippen LogP contribution is 2.31. The number of nitrogens with zero attached hydrogens (tertiary/aromatic N) is 2. The summed E-state index contributed by atoms with van der Waals surface area (Å²) in [6, 6.07) is 5.27. The fraction of sp³-hybridized carbons (Fsp3) is 0.231. The van der Waals surface area contributed by atoms with Gasteiger partial charge in [0.2, 0.25) is 0 Å². The minimum absolute atomic E-state index is 0.281. The number of benzene rings is 1. The molecular formula is C13H13BrN2O2. The summed E-state index contributed by atoms with van der Waals surface area (Å²) in [6.07, 6.45) is 0. The second kappa shape index (κ2) is 4.57. The molecule has 0 radical (unpaired) electrons. The number of rotatable bonds is 2. The maximum atomic E-state index is 11.3. The van der Waals surface area contributed by atoms with Crippen molar-refractivity contribution in [2.24, 2.45) is 7.05 Å². The Morgan fingerprint density at radius 3 is 2.56 bits per heavy atom. The molecule has 0 amide bonds. The minimum atomic E-state index is -0.936. The van der Waals surface area contributed by atoms with E-state index in [1.165, 1.54) is 0 Å². The summed E-state index contributed by atoms with van der Waals surface area (Å²) in [5.41, 5.74) is 3.66. The van der Waals surface area contributed by atoms with Crippen LogP contribution in [0.4, 0.5) is 0 Å². The van der Waals surface area contributed by atoms with E-state index in [-0.39, 0.29) is 5.56 Å². The number of aromatic nitrogens is 2. The van der Waals surface area contributed by atoms with Crippen molar-refractivity contribution in [1.29, 1.82) is 0 Å². The number of aromatic carboxylic acids is 1. The number of carboxylic acid groups (broad SMARTS) is 1. The molecule has 0 saturated heterocycles. The van der Waals surface area contributed by atoms with E-state index in [0.717, 1.165) is 21.4 Å². The van der Waals surface area contributed by atoms with Crippen molar-refractivity contribution in [3.05, 3.63) is 39.6 Å². The lowest BCUT2D eigenvalue weighted by Crippen LogP contribution is -2.01. The second-order valence-corrected chi connectivity index (χ2v) is 5.08. The number of carbonyl (C=O) groups is 1. The van der Waals surface area contributed by atoms with Gasteiger partial charge < -0.3 is 5.11 Å². The topological polar surface area (TPSA) is 55.1 Å². The van der Waals surface area contributed by atoms with Crippen LogP contribution in [0.2, 0.25) is 0 Å². The van der Waals surface area contributed by atoms with Crippen molar-refractivity contribution in [2.45, 2.75) is 13.8 Å².